The zero-order chi connectivity index (χ0) is 25.7. The molecule has 2 heterocycles. The molecule has 0 radical (unpaired) electrons. The molecule has 0 saturated carbocycles. The minimum atomic E-state index is -0.510. The molecule has 6 nitrogen and oxygen atoms in total. The van der Waals surface area contributed by atoms with Gasteiger partial charge in [-0.05, 0) is 75.9 Å². The Hall–Kier alpha value is -3.54. The van der Waals surface area contributed by atoms with Crippen LogP contribution in [0.3, 0.4) is 0 Å². The molecule has 4 rings (SSSR count). The number of aromatic nitrogens is 1. The topological polar surface area (TPSA) is 64.8 Å². The molecule has 0 N–H and O–H groups in total. The monoisotopic (exact) mass is 488 g/mol. The minimum absolute atomic E-state index is 0.264. The van der Waals surface area contributed by atoms with Crippen LogP contribution in [0.1, 0.15) is 57.6 Å². The molecule has 0 spiro atoms. The second-order valence-corrected chi connectivity index (χ2v) is 10.1. The average Bonchev–Trinajstić information content (AvgIpc) is 3.23. The molecule has 190 valence electrons. The van der Waals surface area contributed by atoms with Gasteiger partial charge in [0.15, 0.2) is 0 Å². The smallest absolute Gasteiger partial charge is 0.410 e. The normalized spacial score (nSPS) is 14.2. The fourth-order valence-electron chi connectivity index (χ4n) is 4.37. The van der Waals surface area contributed by atoms with Crippen LogP contribution in [0.15, 0.2) is 64.6 Å². The van der Waals surface area contributed by atoms with Gasteiger partial charge in [-0.3, -0.25) is 0 Å². The molecule has 1 amide bonds. The van der Waals surface area contributed by atoms with Gasteiger partial charge in [-0.2, -0.15) is 0 Å². The van der Waals surface area contributed by atoms with Gasteiger partial charge in [0.2, 0.25) is 5.89 Å². The second kappa shape index (κ2) is 11.0. The summed E-state index contributed by atoms with van der Waals surface area (Å²) in [6, 6.07) is 18.0. The summed E-state index contributed by atoms with van der Waals surface area (Å²) in [7, 11) is 0. The highest BCUT2D eigenvalue weighted by Gasteiger charge is 2.27. The van der Waals surface area contributed by atoms with E-state index in [9.17, 15) is 4.79 Å². The Morgan fingerprint density at radius 2 is 1.83 bits per heavy atom. The van der Waals surface area contributed by atoms with Crippen LogP contribution in [-0.4, -0.2) is 41.3 Å². The highest BCUT2D eigenvalue weighted by molar-refractivity contribution is 5.77. The summed E-state index contributed by atoms with van der Waals surface area (Å²) < 4.78 is 17.6. The molecule has 0 bridgehead atoms. The number of hydrogen-bond donors (Lipinski definition) is 0. The SMILES string of the molecule is CCC1=C(c2cccc(OCCc3nc(-c4ccccc4)oc3C)c2)CN(C(=O)OC(C)(C)C)CC1. The van der Waals surface area contributed by atoms with Gasteiger partial charge in [0.1, 0.15) is 17.1 Å². The standard InChI is InChI=1S/C30H36N2O4/c1-6-22-15-17-32(29(33)36-30(3,4)5)20-26(22)24-13-10-14-25(19-24)34-18-16-27-21(2)35-28(31-27)23-11-8-7-9-12-23/h7-14,19H,6,15-18,20H2,1-5H3. The van der Waals surface area contributed by atoms with Gasteiger partial charge in [-0.25, -0.2) is 9.78 Å². The quantitative estimate of drug-likeness (QED) is 0.356. The first-order chi connectivity index (χ1) is 17.2. The van der Waals surface area contributed by atoms with Gasteiger partial charge in [0.05, 0.1) is 12.3 Å². The third-order valence-corrected chi connectivity index (χ3v) is 6.24. The van der Waals surface area contributed by atoms with E-state index in [2.05, 4.69) is 24.0 Å². The number of nitrogens with zero attached hydrogens (tertiary/aromatic N) is 2. The molecule has 1 aliphatic heterocycles. The van der Waals surface area contributed by atoms with Crippen LogP contribution < -0.4 is 4.74 Å². The maximum absolute atomic E-state index is 12.7. The molecule has 1 aliphatic rings. The number of oxazole rings is 1. The molecule has 0 atom stereocenters. The Morgan fingerprint density at radius 3 is 2.56 bits per heavy atom. The maximum Gasteiger partial charge on any atom is 0.410 e. The molecule has 6 heteroatoms. The second-order valence-electron chi connectivity index (χ2n) is 10.1. The first-order valence-corrected chi connectivity index (χ1v) is 12.7. The average molecular weight is 489 g/mol. The molecule has 2 aromatic carbocycles. The van der Waals surface area contributed by atoms with Crippen molar-refractivity contribution < 1.29 is 18.7 Å². The first kappa shape index (κ1) is 25.5. The largest absolute Gasteiger partial charge is 0.493 e. The molecule has 0 fully saturated rings. The first-order valence-electron chi connectivity index (χ1n) is 12.7. The van der Waals surface area contributed by atoms with Gasteiger partial charge in [-0.1, -0.05) is 42.8 Å². The molecule has 0 saturated heterocycles. The van der Waals surface area contributed by atoms with E-state index < -0.39 is 5.60 Å². The van der Waals surface area contributed by atoms with Gasteiger partial charge in [-0.15, -0.1) is 0 Å². The number of hydrogen-bond acceptors (Lipinski definition) is 5. The molecule has 3 aromatic rings. The lowest BCUT2D eigenvalue weighted by molar-refractivity contribution is 0.0270. The molecule has 1 aromatic heterocycles. The fraction of sp³-hybridized carbons (Fsp3) is 0.400. The summed E-state index contributed by atoms with van der Waals surface area (Å²) in [5, 5.41) is 0. The van der Waals surface area contributed by atoms with Crippen molar-refractivity contribution in [3.8, 4) is 17.2 Å². The number of carbonyl (C=O) groups excluding carboxylic acids is 1. The van der Waals surface area contributed by atoms with Crippen LogP contribution in [0.5, 0.6) is 5.75 Å². The molecule has 0 aliphatic carbocycles. The van der Waals surface area contributed by atoms with Crippen molar-refractivity contribution in [3.05, 3.63) is 77.2 Å². The Kier molecular flexibility index (Phi) is 7.82. The molecule has 36 heavy (non-hydrogen) atoms. The highest BCUT2D eigenvalue weighted by Crippen LogP contribution is 2.31. The molecular formula is C30H36N2O4. The lowest BCUT2D eigenvalue weighted by atomic mass is 9.92. The predicted molar refractivity (Wildman–Crippen MR) is 142 cm³/mol. The van der Waals surface area contributed by atoms with Crippen LogP contribution in [0.25, 0.3) is 17.0 Å². The third kappa shape index (κ3) is 6.36. The van der Waals surface area contributed by atoms with Crippen LogP contribution in [-0.2, 0) is 11.2 Å². The lowest BCUT2D eigenvalue weighted by Gasteiger charge is -2.33. The molecular weight excluding hydrogens is 452 g/mol. The third-order valence-electron chi connectivity index (χ3n) is 6.24. The van der Waals surface area contributed by atoms with Crippen LogP contribution in [0, 0.1) is 6.92 Å². The van der Waals surface area contributed by atoms with Crippen molar-refractivity contribution in [2.24, 2.45) is 0 Å². The van der Waals surface area contributed by atoms with E-state index in [1.54, 1.807) is 4.90 Å². The summed E-state index contributed by atoms with van der Waals surface area (Å²) in [6.45, 7) is 11.5. The summed E-state index contributed by atoms with van der Waals surface area (Å²) in [5.41, 5.74) is 5.00. The highest BCUT2D eigenvalue weighted by atomic mass is 16.6. The Morgan fingerprint density at radius 1 is 1.08 bits per heavy atom. The van der Waals surface area contributed by atoms with Crippen molar-refractivity contribution >= 4 is 11.7 Å². The van der Waals surface area contributed by atoms with E-state index in [4.69, 9.17) is 13.9 Å². The number of rotatable bonds is 7. The Bertz CT molecular complexity index is 1220. The van der Waals surface area contributed by atoms with Gasteiger partial charge >= 0.3 is 6.09 Å². The van der Waals surface area contributed by atoms with Crippen molar-refractivity contribution in [2.75, 3.05) is 19.7 Å². The number of carbonyl (C=O) groups is 1. The summed E-state index contributed by atoms with van der Waals surface area (Å²) >= 11 is 0. The van der Waals surface area contributed by atoms with E-state index in [1.165, 1.54) is 11.1 Å². The maximum atomic E-state index is 12.7. The van der Waals surface area contributed by atoms with Crippen molar-refractivity contribution in [1.29, 1.82) is 0 Å². The Balaban J connectivity index is 1.42. The number of ether oxygens (including phenoxy) is 2. The van der Waals surface area contributed by atoms with E-state index in [-0.39, 0.29) is 6.09 Å². The fourth-order valence-corrected chi connectivity index (χ4v) is 4.37. The van der Waals surface area contributed by atoms with Crippen LogP contribution in [0.4, 0.5) is 4.79 Å². The number of aryl methyl sites for hydroxylation is 1. The van der Waals surface area contributed by atoms with E-state index >= 15 is 0 Å². The minimum Gasteiger partial charge on any atom is -0.493 e. The Labute approximate surface area is 213 Å². The van der Waals surface area contributed by atoms with Gasteiger partial charge in [0, 0.05) is 25.1 Å². The van der Waals surface area contributed by atoms with Crippen LogP contribution in [0.2, 0.25) is 0 Å². The summed E-state index contributed by atoms with van der Waals surface area (Å²) in [6.07, 6.45) is 2.20. The zero-order valence-corrected chi connectivity index (χ0v) is 22.0. The zero-order valence-electron chi connectivity index (χ0n) is 22.0. The van der Waals surface area contributed by atoms with Gasteiger partial charge in [0.25, 0.3) is 0 Å². The summed E-state index contributed by atoms with van der Waals surface area (Å²) in [5.74, 6) is 2.25. The van der Waals surface area contributed by atoms with E-state index in [0.717, 1.165) is 41.2 Å². The molecule has 0 unspecified atom stereocenters. The summed E-state index contributed by atoms with van der Waals surface area (Å²) in [4.78, 5) is 19.2. The van der Waals surface area contributed by atoms with Gasteiger partial charge < -0.3 is 18.8 Å². The number of benzene rings is 2. The van der Waals surface area contributed by atoms with Crippen LogP contribution >= 0.6 is 0 Å². The predicted octanol–water partition coefficient (Wildman–Crippen LogP) is 7.08. The van der Waals surface area contributed by atoms with Crippen molar-refractivity contribution in [2.45, 2.75) is 59.5 Å². The van der Waals surface area contributed by atoms with E-state index in [1.807, 2.05) is 70.2 Å². The number of amides is 1. The lowest BCUT2D eigenvalue weighted by Crippen LogP contribution is -2.40. The van der Waals surface area contributed by atoms with E-state index in [0.29, 0.717) is 32.0 Å². The van der Waals surface area contributed by atoms with Crippen molar-refractivity contribution in [3.63, 3.8) is 0 Å². The van der Waals surface area contributed by atoms with Crippen molar-refractivity contribution in [1.82, 2.24) is 9.88 Å².